The molecular formula is C14H20O3. The number of hydrogen-bond acceptors (Lipinski definition) is 3. The molecule has 0 radical (unpaired) electrons. The molecule has 0 atom stereocenters. The van der Waals surface area contributed by atoms with Crippen molar-refractivity contribution in [2.75, 3.05) is 19.8 Å². The molecular weight excluding hydrogens is 216 g/mol. The van der Waals surface area contributed by atoms with Crippen LogP contribution in [-0.2, 0) is 4.74 Å². The molecule has 1 aliphatic heterocycles. The Morgan fingerprint density at radius 2 is 2.00 bits per heavy atom. The molecule has 0 aliphatic carbocycles. The van der Waals surface area contributed by atoms with Gasteiger partial charge in [-0.3, -0.25) is 0 Å². The molecule has 0 saturated carbocycles. The summed E-state index contributed by atoms with van der Waals surface area (Å²) in [6, 6.07) is 5.99. The van der Waals surface area contributed by atoms with E-state index in [1.54, 1.807) is 0 Å². The number of benzene rings is 1. The van der Waals surface area contributed by atoms with Crippen molar-refractivity contribution >= 4 is 0 Å². The average Bonchev–Trinajstić information content (AvgIpc) is 2.32. The Kier molecular flexibility index (Phi) is 3.69. The lowest BCUT2D eigenvalue weighted by Gasteiger charge is -2.31. The topological polar surface area (TPSA) is 38.7 Å². The molecule has 1 aromatic carbocycles. The van der Waals surface area contributed by atoms with E-state index in [0.717, 1.165) is 11.3 Å². The second-order valence-corrected chi connectivity index (χ2v) is 4.82. The standard InChI is InChI=1S/C14H20O3/c1-11-4-3-5-13(12(11)2)17-10-14(15)6-8-16-9-7-14/h3-5,15H,6-10H2,1-2H3. The Morgan fingerprint density at radius 3 is 2.71 bits per heavy atom. The zero-order valence-electron chi connectivity index (χ0n) is 10.5. The minimum absolute atomic E-state index is 0.348. The van der Waals surface area contributed by atoms with Crippen LogP contribution in [0.15, 0.2) is 18.2 Å². The number of aliphatic hydroxyl groups is 1. The van der Waals surface area contributed by atoms with E-state index in [0.29, 0.717) is 32.7 Å². The van der Waals surface area contributed by atoms with Gasteiger partial charge in [0.25, 0.3) is 0 Å². The highest BCUT2D eigenvalue weighted by Crippen LogP contribution is 2.25. The number of ether oxygens (including phenoxy) is 2. The summed E-state index contributed by atoms with van der Waals surface area (Å²) >= 11 is 0. The lowest BCUT2D eigenvalue weighted by atomic mass is 9.95. The Hall–Kier alpha value is -1.06. The molecule has 0 spiro atoms. The lowest BCUT2D eigenvalue weighted by molar-refractivity contribution is -0.0856. The van der Waals surface area contributed by atoms with Gasteiger partial charge in [0.15, 0.2) is 0 Å². The van der Waals surface area contributed by atoms with E-state index in [9.17, 15) is 5.11 Å². The minimum Gasteiger partial charge on any atom is -0.490 e. The van der Waals surface area contributed by atoms with Crippen LogP contribution in [0.2, 0.25) is 0 Å². The summed E-state index contributed by atoms with van der Waals surface area (Å²) in [4.78, 5) is 0. The molecule has 2 rings (SSSR count). The van der Waals surface area contributed by atoms with Gasteiger partial charge < -0.3 is 14.6 Å². The monoisotopic (exact) mass is 236 g/mol. The summed E-state index contributed by atoms with van der Waals surface area (Å²) in [5, 5.41) is 10.3. The third-order valence-electron chi connectivity index (χ3n) is 3.47. The molecule has 17 heavy (non-hydrogen) atoms. The maximum absolute atomic E-state index is 10.3. The SMILES string of the molecule is Cc1cccc(OCC2(O)CCOCC2)c1C. The first kappa shape index (κ1) is 12.4. The first-order valence-corrected chi connectivity index (χ1v) is 6.10. The molecule has 0 aromatic heterocycles. The molecule has 1 N–H and O–H groups in total. The van der Waals surface area contributed by atoms with Gasteiger partial charge in [-0.05, 0) is 31.0 Å². The molecule has 1 fully saturated rings. The first-order chi connectivity index (χ1) is 8.11. The molecule has 1 aliphatic rings. The minimum atomic E-state index is -0.728. The predicted octanol–water partition coefficient (Wildman–Crippen LogP) is 2.22. The third kappa shape index (κ3) is 2.99. The third-order valence-corrected chi connectivity index (χ3v) is 3.47. The number of aryl methyl sites for hydroxylation is 1. The fraction of sp³-hybridized carbons (Fsp3) is 0.571. The summed E-state index contributed by atoms with van der Waals surface area (Å²) in [5.74, 6) is 0.866. The molecule has 1 saturated heterocycles. The number of rotatable bonds is 3. The van der Waals surface area contributed by atoms with Gasteiger partial charge in [-0.25, -0.2) is 0 Å². The van der Waals surface area contributed by atoms with Crippen LogP contribution in [0.25, 0.3) is 0 Å². The highest BCUT2D eigenvalue weighted by molar-refractivity contribution is 5.38. The van der Waals surface area contributed by atoms with Crippen molar-refractivity contribution in [2.24, 2.45) is 0 Å². The maximum atomic E-state index is 10.3. The van der Waals surface area contributed by atoms with Crippen molar-refractivity contribution in [2.45, 2.75) is 32.3 Å². The van der Waals surface area contributed by atoms with Crippen molar-refractivity contribution in [3.63, 3.8) is 0 Å². The van der Waals surface area contributed by atoms with Crippen LogP contribution in [0.4, 0.5) is 0 Å². The normalized spacial score (nSPS) is 19.0. The summed E-state index contributed by atoms with van der Waals surface area (Å²) in [7, 11) is 0. The van der Waals surface area contributed by atoms with Gasteiger partial charge >= 0.3 is 0 Å². The summed E-state index contributed by atoms with van der Waals surface area (Å²) in [5.41, 5.74) is 1.62. The second-order valence-electron chi connectivity index (χ2n) is 4.82. The van der Waals surface area contributed by atoms with Gasteiger partial charge in [-0.15, -0.1) is 0 Å². The fourth-order valence-electron chi connectivity index (χ4n) is 1.99. The van der Waals surface area contributed by atoms with Gasteiger partial charge in [0.1, 0.15) is 18.0 Å². The Morgan fingerprint density at radius 1 is 1.29 bits per heavy atom. The van der Waals surface area contributed by atoms with Gasteiger partial charge in [-0.1, -0.05) is 12.1 Å². The molecule has 0 amide bonds. The van der Waals surface area contributed by atoms with Crippen LogP contribution in [0.1, 0.15) is 24.0 Å². The second kappa shape index (κ2) is 5.07. The van der Waals surface area contributed by atoms with E-state index >= 15 is 0 Å². The zero-order valence-corrected chi connectivity index (χ0v) is 10.5. The van der Waals surface area contributed by atoms with Crippen LogP contribution >= 0.6 is 0 Å². The van der Waals surface area contributed by atoms with E-state index in [2.05, 4.69) is 13.0 Å². The maximum Gasteiger partial charge on any atom is 0.122 e. The fourth-order valence-corrected chi connectivity index (χ4v) is 1.99. The highest BCUT2D eigenvalue weighted by Gasteiger charge is 2.30. The van der Waals surface area contributed by atoms with Gasteiger partial charge in [0.2, 0.25) is 0 Å². The molecule has 1 aromatic rings. The predicted molar refractivity (Wildman–Crippen MR) is 66.4 cm³/mol. The summed E-state index contributed by atoms with van der Waals surface area (Å²) in [6.45, 7) is 5.68. The van der Waals surface area contributed by atoms with Crippen LogP contribution in [0.3, 0.4) is 0 Å². The van der Waals surface area contributed by atoms with Crippen LogP contribution in [0, 0.1) is 13.8 Å². The van der Waals surface area contributed by atoms with E-state index < -0.39 is 5.60 Å². The van der Waals surface area contributed by atoms with Gasteiger partial charge in [0.05, 0.1) is 0 Å². The molecule has 0 bridgehead atoms. The quantitative estimate of drug-likeness (QED) is 0.874. The Labute approximate surface area is 102 Å². The van der Waals surface area contributed by atoms with Crippen molar-refractivity contribution < 1.29 is 14.6 Å². The van der Waals surface area contributed by atoms with Crippen molar-refractivity contribution in [3.8, 4) is 5.75 Å². The van der Waals surface area contributed by atoms with E-state index in [-0.39, 0.29) is 0 Å². The molecule has 3 nitrogen and oxygen atoms in total. The van der Waals surface area contributed by atoms with Gasteiger partial charge in [-0.2, -0.15) is 0 Å². The van der Waals surface area contributed by atoms with Crippen molar-refractivity contribution in [3.05, 3.63) is 29.3 Å². The highest BCUT2D eigenvalue weighted by atomic mass is 16.5. The van der Waals surface area contributed by atoms with Crippen molar-refractivity contribution in [1.29, 1.82) is 0 Å². The van der Waals surface area contributed by atoms with Crippen LogP contribution in [0.5, 0.6) is 5.75 Å². The van der Waals surface area contributed by atoms with E-state index in [1.165, 1.54) is 5.56 Å². The van der Waals surface area contributed by atoms with E-state index in [4.69, 9.17) is 9.47 Å². The Balaban J connectivity index is 1.99. The first-order valence-electron chi connectivity index (χ1n) is 6.10. The van der Waals surface area contributed by atoms with Crippen LogP contribution < -0.4 is 4.74 Å². The molecule has 1 heterocycles. The van der Waals surface area contributed by atoms with Crippen LogP contribution in [-0.4, -0.2) is 30.5 Å². The van der Waals surface area contributed by atoms with Gasteiger partial charge in [0, 0.05) is 26.1 Å². The molecule has 0 unspecified atom stereocenters. The molecule has 3 heteroatoms. The lowest BCUT2D eigenvalue weighted by Crippen LogP contribution is -2.41. The largest absolute Gasteiger partial charge is 0.490 e. The number of hydrogen-bond donors (Lipinski definition) is 1. The van der Waals surface area contributed by atoms with Crippen molar-refractivity contribution in [1.82, 2.24) is 0 Å². The average molecular weight is 236 g/mol. The zero-order chi connectivity index (χ0) is 12.3. The Bertz CT molecular complexity index is 381. The van der Waals surface area contributed by atoms with E-state index in [1.807, 2.05) is 19.1 Å². The smallest absolute Gasteiger partial charge is 0.122 e. The summed E-state index contributed by atoms with van der Waals surface area (Å²) < 4.78 is 11.0. The summed E-state index contributed by atoms with van der Waals surface area (Å²) in [6.07, 6.45) is 1.30. The molecule has 94 valence electrons.